The summed E-state index contributed by atoms with van der Waals surface area (Å²) in [6.45, 7) is 1.59. The lowest BCUT2D eigenvalue weighted by molar-refractivity contribution is 0.167. The number of thiol groups is 1. The molecule has 0 spiro atoms. The SMILES string of the molecule is SCCOCCSCc1ccccc1. The Kier molecular flexibility index (Phi) is 7.01. The van der Waals surface area contributed by atoms with Crippen LogP contribution in [-0.2, 0) is 10.5 Å². The summed E-state index contributed by atoms with van der Waals surface area (Å²) < 4.78 is 5.32. The number of hydrogen-bond donors (Lipinski definition) is 1. The zero-order chi connectivity index (χ0) is 10.1. The summed E-state index contributed by atoms with van der Waals surface area (Å²) in [7, 11) is 0. The average Bonchev–Trinajstić information content (AvgIpc) is 2.25. The Balaban J connectivity index is 1.99. The maximum atomic E-state index is 5.32. The van der Waals surface area contributed by atoms with Gasteiger partial charge in [-0.1, -0.05) is 30.3 Å². The summed E-state index contributed by atoms with van der Waals surface area (Å²) >= 11 is 5.98. The Bertz CT molecular complexity index is 226. The van der Waals surface area contributed by atoms with E-state index in [1.165, 1.54) is 5.56 Å². The van der Waals surface area contributed by atoms with Crippen LogP contribution in [0.2, 0.25) is 0 Å². The molecule has 0 saturated carbocycles. The van der Waals surface area contributed by atoms with E-state index in [-0.39, 0.29) is 0 Å². The fraction of sp³-hybridized carbons (Fsp3) is 0.455. The van der Waals surface area contributed by atoms with Crippen molar-refractivity contribution in [2.45, 2.75) is 5.75 Å². The van der Waals surface area contributed by atoms with Gasteiger partial charge in [-0.25, -0.2) is 0 Å². The van der Waals surface area contributed by atoms with Crippen LogP contribution in [-0.4, -0.2) is 24.7 Å². The van der Waals surface area contributed by atoms with E-state index < -0.39 is 0 Å². The van der Waals surface area contributed by atoms with E-state index in [0.717, 1.165) is 30.5 Å². The van der Waals surface area contributed by atoms with E-state index in [0.29, 0.717) is 0 Å². The summed E-state index contributed by atoms with van der Waals surface area (Å²) in [5, 5.41) is 0. The average molecular weight is 228 g/mol. The predicted molar refractivity (Wildman–Crippen MR) is 67.3 cm³/mol. The van der Waals surface area contributed by atoms with Crippen molar-refractivity contribution >= 4 is 24.4 Å². The van der Waals surface area contributed by atoms with Gasteiger partial charge in [0.25, 0.3) is 0 Å². The molecule has 0 amide bonds. The van der Waals surface area contributed by atoms with Gasteiger partial charge >= 0.3 is 0 Å². The minimum atomic E-state index is 0.759. The van der Waals surface area contributed by atoms with Gasteiger partial charge in [-0.3, -0.25) is 0 Å². The van der Waals surface area contributed by atoms with E-state index in [4.69, 9.17) is 4.74 Å². The fourth-order valence-electron chi connectivity index (χ4n) is 1.05. The molecule has 14 heavy (non-hydrogen) atoms. The molecule has 78 valence electrons. The first kappa shape index (κ1) is 12.0. The van der Waals surface area contributed by atoms with Gasteiger partial charge in [0.05, 0.1) is 13.2 Å². The third-order valence-corrected chi connectivity index (χ3v) is 2.89. The van der Waals surface area contributed by atoms with Crippen molar-refractivity contribution in [3.8, 4) is 0 Å². The minimum absolute atomic E-state index is 0.759. The molecule has 0 radical (unpaired) electrons. The van der Waals surface area contributed by atoms with Crippen LogP contribution in [0.15, 0.2) is 30.3 Å². The second-order valence-corrected chi connectivity index (χ2v) is 4.43. The molecule has 0 aliphatic heterocycles. The van der Waals surface area contributed by atoms with Crippen LogP contribution in [0.3, 0.4) is 0 Å². The van der Waals surface area contributed by atoms with Crippen LogP contribution in [0.1, 0.15) is 5.56 Å². The van der Waals surface area contributed by atoms with Crippen LogP contribution in [0.5, 0.6) is 0 Å². The molecule has 0 fully saturated rings. The normalized spacial score (nSPS) is 10.4. The molecule has 0 aliphatic rings. The van der Waals surface area contributed by atoms with Crippen molar-refractivity contribution in [2.24, 2.45) is 0 Å². The van der Waals surface area contributed by atoms with Gasteiger partial charge in [0.2, 0.25) is 0 Å². The summed E-state index contributed by atoms with van der Waals surface area (Å²) in [5.41, 5.74) is 1.38. The first-order chi connectivity index (χ1) is 6.93. The van der Waals surface area contributed by atoms with E-state index in [2.05, 4.69) is 36.9 Å². The Morgan fingerprint density at radius 3 is 2.64 bits per heavy atom. The number of thioether (sulfide) groups is 1. The van der Waals surface area contributed by atoms with Gasteiger partial charge in [-0.2, -0.15) is 24.4 Å². The summed E-state index contributed by atoms with van der Waals surface area (Å²) in [4.78, 5) is 0. The maximum Gasteiger partial charge on any atom is 0.0557 e. The lowest BCUT2D eigenvalue weighted by Crippen LogP contribution is -2.00. The van der Waals surface area contributed by atoms with E-state index in [9.17, 15) is 0 Å². The van der Waals surface area contributed by atoms with Crippen LogP contribution >= 0.6 is 24.4 Å². The van der Waals surface area contributed by atoms with Crippen molar-refractivity contribution in [1.29, 1.82) is 0 Å². The van der Waals surface area contributed by atoms with Crippen molar-refractivity contribution in [1.82, 2.24) is 0 Å². The molecule has 0 aliphatic carbocycles. The number of rotatable bonds is 7. The van der Waals surface area contributed by atoms with Crippen LogP contribution in [0, 0.1) is 0 Å². The molecule has 1 aromatic rings. The molecule has 0 aromatic heterocycles. The molecule has 1 aromatic carbocycles. The van der Waals surface area contributed by atoms with Crippen LogP contribution in [0.25, 0.3) is 0 Å². The Hall–Kier alpha value is -0.120. The molecule has 0 bridgehead atoms. The van der Waals surface area contributed by atoms with E-state index in [1.807, 2.05) is 17.8 Å². The smallest absolute Gasteiger partial charge is 0.0557 e. The van der Waals surface area contributed by atoms with Gasteiger partial charge in [-0.15, -0.1) is 0 Å². The lowest BCUT2D eigenvalue weighted by Gasteiger charge is -2.02. The molecule has 0 saturated heterocycles. The summed E-state index contributed by atoms with van der Waals surface area (Å²) in [5.74, 6) is 2.94. The third-order valence-electron chi connectivity index (χ3n) is 1.72. The number of hydrogen-bond acceptors (Lipinski definition) is 3. The van der Waals surface area contributed by atoms with Crippen LogP contribution < -0.4 is 0 Å². The molecular formula is C11H16OS2. The van der Waals surface area contributed by atoms with Gasteiger partial charge in [0, 0.05) is 17.3 Å². The van der Waals surface area contributed by atoms with Gasteiger partial charge in [-0.05, 0) is 5.56 Å². The largest absolute Gasteiger partial charge is 0.380 e. The maximum absolute atomic E-state index is 5.32. The highest BCUT2D eigenvalue weighted by atomic mass is 32.2. The standard InChI is InChI=1S/C11H16OS2/c13-8-6-12-7-9-14-10-11-4-2-1-3-5-11/h1-5,13H,6-10H2. The van der Waals surface area contributed by atoms with E-state index in [1.54, 1.807) is 0 Å². The zero-order valence-corrected chi connectivity index (χ0v) is 9.90. The molecule has 0 atom stereocenters. The second kappa shape index (κ2) is 8.21. The predicted octanol–water partition coefficient (Wildman–Crippen LogP) is 2.87. The number of ether oxygens (including phenoxy) is 1. The number of benzene rings is 1. The lowest BCUT2D eigenvalue weighted by atomic mass is 10.2. The Morgan fingerprint density at radius 2 is 1.93 bits per heavy atom. The third kappa shape index (κ3) is 5.58. The van der Waals surface area contributed by atoms with Gasteiger partial charge in [0.1, 0.15) is 0 Å². The van der Waals surface area contributed by atoms with Gasteiger partial charge in [0.15, 0.2) is 0 Å². The zero-order valence-electron chi connectivity index (χ0n) is 8.19. The molecule has 1 nitrogen and oxygen atoms in total. The van der Waals surface area contributed by atoms with Crippen molar-refractivity contribution in [3.63, 3.8) is 0 Å². The first-order valence-electron chi connectivity index (χ1n) is 4.74. The summed E-state index contributed by atoms with van der Waals surface area (Å²) in [6, 6.07) is 10.5. The highest BCUT2D eigenvalue weighted by molar-refractivity contribution is 7.98. The van der Waals surface area contributed by atoms with Gasteiger partial charge < -0.3 is 4.74 Å². The topological polar surface area (TPSA) is 9.23 Å². The van der Waals surface area contributed by atoms with Crippen molar-refractivity contribution in [3.05, 3.63) is 35.9 Å². The monoisotopic (exact) mass is 228 g/mol. The Labute approximate surface area is 95.6 Å². The highest BCUT2D eigenvalue weighted by Gasteiger charge is 1.92. The second-order valence-electron chi connectivity index (χ2n) is 2.87. The van der Waals surface area contributed by atoms with Crippen molar-refractivity contribution < 1.29 is 4.74 Å². The highest BCUT2D eigenvalue weighted by Crippen LogP contribution is 2.10. The molecule has 0 N–H and O–H groups in total. The minimum Gasteiger partial charge on any atom is -0.380 e. The quantitative estimate of drug-likeness (QED) is 0.567. The van der Waals surface area contributed by atoms with Crippen LogP contribution in [0.4, 0.5) is 0 Å². The molecule has 3 heteroatoms. The summed E-state index contributed by atoms with van der Waals surface area (Å²) in [6.07, 6.45) is 0. The molecule has 0 heterocycles. The van der Waals surface area contributed by atoms with E-state index >= 15 is 0 Å². The molecular weight excluding hydrogens is 212 g/mol. The molecule has 0 unspecified atom stereocenters. The first-order valence-corrected chi connectivity index (χ1v) is 6.52. The van der Waals surface area contributed by atoms with Crippen molar-refractivity contribution in [2.75, 3.05) is 24.7 Å². The Morgan fingerprint density at radius 1 is 1.14 bits per heavy atom. The molecule has 1 rings (SSSR count). The fourth-order valence-corrected chi connectivity index (χ4v) is 1.99.